The van der Waals surface area contributed by atoms with Gasteiger partial charge in [0.25, 0.3) is 0 Å². The largest absolute Gasteiger partial charge is 0.466 e. The molecule has 0 N–H and O–H groups in total. The number of carbonyl (C=O) groups excluding carboxylic acids is 1. The Hall–Kier alpha value is -2.44. The lowest BCUT2D eigenvalue weighted by Crippen LogP contribution is -2.39. The van der Waals surface area contributed by atoms with Crippen LogP contribution in [0.5, 0.6) is 5.75 Å². The van der Waals surface area contributed by atoms with Crippen molar-refractivity contribution < 1.29 is 23.4 Å². The Bertz CT molecular complexity index is 857. The smallest absolute Gasteiger partial charge is 0.310 e. The number of ether oxygens (including phenoxy) is 3. The number of benzene rings is 2. The maximum atomic E-state index is 14.2. The molecule has 1 saturated heterocycles. The van der Waals surface area contributed by atoms with Crippen LogP contribution in [0.15, 0.2) is 42.5 Å². The van der Waals surface area contributed by atoms with Gasteiger partial charge in [0.1, 0.15) is 11.6 Å². The van der Waals surface area contributed by atoms with Crippen molar-refractivity contribution in [2.24, 2.45) is 5.92 Å². The molecule has 29 heavy (non-hydrogen) atoms. The summed E-state index contributed by atoms with van der Waals surface area (Å²) >= 11 is 0. The molecule has 0 aliphatic carbocycles. The standard InChI is InChI=1S/C23H26FNO4/c1-2-27-22(26)17-9-6-10-25(13-17)14-18-11-20(24)12-19-15-28-23(29-21(18)19)16-7-4-3-5-8-16/h3-5,7-8,11-12,17,23H,2,6,9-10,13-15H2,1H3/t17-,23+/m1/s1. The molecule has 2 atom stereocenters. The zero-order valence-corrected chi connectivity index (χ0v) is 16.6. The van der Waals surface area contributed by atoms with Crippen LogP contribution in [0.3, 0.4) is 0 Å². The summed E-state index contributed by atoms with van der Waals surface area (Å²) in [5.41, 5.74) is 2.42. The number of carbonyl (C=O) groups is 1. The third-order valence-electron chi connectivity index (χ3n) is 5.41. The van der Waals surface area contributed by atoms with Gasteiger partial charge in [0, 0.05) is 29.8 Å². The fourth-order valence-corrected chi connectivity index (χ4v) is 4.06. The van der Waals surface area contributed by atoms with Gasteiger partial charge in [0.2, 0.25) is 6.29 Å². The first-order valence-corrected chi connectivity index (χ1v) is 10.2. The van der Waals surface area contributed by atoms with Gasteiger partial charge in [0.15, 0.2) is 0 Å². The fraction of sp³-hybridized carbons (Fsp3) is 0.435. The van der Waals surface area contributed by atoms with E-state index in [2.05, 4.69) is 4.90 Å². The predicted molar refractivity (Wildman–Crippen MR) is 106 cm³/mol. The predicted octanol–water partition coefficient (Wildman–Crippen LogP) is 4.21. The summed E-state index contributed by atoms with van der Waals surface area (Å²) in [4.78, 5) is 14.3. The molecule has 0 amide bonds. The highest BCUT2D eigenvalue weighted by molar-refractivity contribution is 5.72. The summed E-state index contributed by atoms with van der Waals surface area (Å²) in [6, 6.07) is 12.7. The van der Waals surface area contributed by atoms with Gasteiger partial charge in [0.05, 0.1) is 19.1 Å². The molecular formula is C23H26FNO4. The van der Waals surface area contributed by atoms with Crippen molar-refractivity contribution in [2.45, 2.75) is 39.2 Å². The second-order valence-electron chi connectivity index (χ2n) is 7.55. The van der Waals surface area contributed by atoms with Crippen LogP contribution in [0.1, 0.15) is 42.7 Å². The normalized spacial score (nSPS) is 21.9. The van der Waals surface area contributed by atoms with E-state index in [1.54, 1.807) is 0 Å². The number of likely N-dealkylation sites (tertiary alicyclic amines) is 1. The third-order valence-corrected chi connectivity index (χ3v) is 5.41. The zero-order valence-electron chi connectivity index (χ0n) is 16.6. The molecule has 5 nitrogen and oxygen atoms in total. The lowest BCUT2D eigenvalue weighted by molar-refractivity contribution is -0.150. The minimum Gasteiger partial charge on any atom is -0.466 e. The van der Waals surface area contributed by atoms with E-state index in [1.807, 2.05) is 37.3 Å². The van der Waals surface area contributed by atoms with Crippen LogP contribution in [0.25, 0.3) is 0 Å². The van der Waals surface area contributed by atoms with Crippen LogP contribution < -0.4 is 4.74 Å². The zero-order chi connectivity index (χ0) is 20.2. The highest BCUT2D eigenvalue weighted by Gasteiger charge is 2.29. The van der Waals surface area contributed by atoms with Gasteiger partial charge in [-0.25, -0.2) is 4.39 Å². The van der Waals surface area contributed by atoms with Crippen molar-refractivity contribution in [3.05, 3.63) is 65.0 Å². The molecule has 1 fully saturated rings. The Morgan fingerprint density at radius 2 is 2.10 bits per heavy atom. The van der Waals surface area contributed by atoms with Crippen LogP contribution in [-0.4, -0.2) is 30.6 Å². The van der Waals surface area contributed by atoms with Crippen molar-refractivity contribution in [3.8, 4) is 5.75 Å². The minimum absolute atomic E-state index is 0.130. The van der Waals surface area contributed by atoms with E-state index in [9.17, 15) is 9.18 Å². The Morgan fingerprint density at radius 3 is 2.90 bits per heavy atom. The molecule has 2 aliphatic rings. The van der Waals surface area contributed by atoms with E-state index in [0.717, 1.165) is 30.5 Å². The molecular weight excluding hydrogens is 373 g/mol. The molecule has 0 radical (unpaired) electrons. The van der Waals surface area contributed by atoms with Crippen molar-refractivity contribution in [1.29, 1.82) is 0 Å². The molecule has 2 aromatic rings. The van der Waals surface area contributed by atoms with E-state index < -0.39 is 6.29 Å². The molecule has 2 aliphatic heterocycles. The molecule has 6 heteroatoms. The van der Waals surface area contributed by atoms with Gasteiger partial charge in [-0.05, 0) is 38.4 Å². The van der Waals surface area contributed by atoms with E-state index in [-0.39, 0.29) is 17.7 Å². The first-order chi connectivity index (χ1) is 14.1. The van der Waals surface area contributed by atoms with Gasteiger partial charge in [-0.15, -0.1) is 0 Å². The lowest BCUT2D eigenvalue weighted by Gasteiger charge is -2.33. The summed E-state index contributed by atoms with van der Waals surface area (Å²) in [6.45, 7) is 4.51. The maximum absolute atomic E-state index is 14.2. The number of esters is 1. The molecule has 154 valence electrons. The topological polar surface area (TPSA) is 48.0 Å². The highest BCUT2D eigenvalue weighted by atomic mass is 19.1. The summed E-state index contributed by atoms with van der Waals surface area (Å²) in [7, 11) is 0. The molecule has 2 aromatic carbocycles. The Kier molecular flexibility index (Phi) is 6.11. The Balaban J connectivity index is 1.52. The van der Waals surface area contributed by atoms with Gasteiger partial charge >= 0.3 is 5.97 Å². The molecule has 0 unspecified atom stereocenters. The number of hydrogen-bond donors (Lipinski definition) is 0. The van der Waals surface area contributed by atoms with Gasteiger partial charge < -0.3 is 14.2 Å². The average Bonchev–Trinajstić information content (AvgIpc) is 2.74. The molecule has 0 aromatic heterocycles. The SMILES string of the molecule is CCOC(=O)[C@@H]1CCCN(Cc2cc(F)cc3c2O[C@@H](c2ccccc2)OC3)C1. The number of halogens is 1. The van der Waals surface area contributed by atoms with Crippen molar-refractivity contribution in [3.63, 3.8) is 0 Å². The van der Waals surface area contributed by atoms with Gasteiger partial charge in [-0.3, -0.25) is 9.69 Å². The van der Waals surface area contributed by atoms with Gasteiger partial charge in [-0.1, -0.05) is 30.3 Å². The number of piperidine rings is 1. The van der Waals surface area contributed by atoms with Crippen LogP contribution in [0.2, 0.25) is 0 Å². The quantitative estimate of drug-likeness (QED) is 0.705. The average molecular weight is 399 g/mol. The molecule has 4 rings (SSSR count). The number of hydrogen-bond acceptors (Lipinski definition) is 5. The second-order valence-corrected chi connectivity index (χ2v) is 7.55. The molecule has 0 bridgehead atoms. The summed E-state index contributed by atoms with van der Waals surface area (Å²) in [5, 5.41) is 0. The summed E-state index contributed by atoms with van der Waals surface area (Å²) < 4.78 is 31.4. The highest BCUT2D eigenvalue weighted by Crippen LogP contribution is 2.37. The first-order valence-electron chi connectivity index (χ1n) is 10.2. The van der Waals surface area contributed by atoms with Crippen LogP contribution in [0, 0.1) is 11.7 Å². The van der Waals surface area contributed by atoms with Crippen molar-refractivity contribution in [1.82, 2.24) is 4.90 Å². The van der Waals surface area contributed by atoms with Gasteiger partial charge in [-0.2, -0.15) is 0 Å². The summed E-state index contributed by atoms with van der Waals surface area (Å²) in [6.07, 6.45) is 1.23. The van der Waals surface area contributed by atoms with E-state index >= 15 is 0 Å². The van der Waals surface area contributed by atoms with E-state index in [0.29, 0.717) is 37.6 Å². The summed E-state index contributed by atoms with van der Waals surface area (Å²) in [5.74, 6) is 0.106. The minimum atomic E-state index is -0.512. The van der Waals surface area contributed by atoms with Crippen LogP contribution >= 0.6 is 0 Å². The number of nitrogens with zero attached hydrogens (tertiary/aromatic N) is 1. The van der Waals surface area contributed by atoms with Crippen LogP contribution in [0.4, 0.5) is 4.39 Å². The first kappa shape index (κ1) is 19.9. The monoisotopic (exact) mass is 399 g/mol. The van der Waals surface area contributed by atoms with E-state index in [1.165, 1.54) is 12.1 Å². The maximum Gasteiger partial charge on any atom is 0.310 e. The Morgan fingerprint density at radius 1 is 1.28 bits per heavy atom. The number of rotatable bonds is 5. The molecule has 0 saturated carbocycles. The van der Waals surface area contributed by atoms with E-state index in [4.69, 9.17) is 14.2 Å². The van der Waals surface area contributed by atoms with Crippen LogP contribution in [-0.2, 0) is 27.4 Å². The van der Waals surface area contributed by atoms with Crippen molar-refractivity contribution in [2.75, 3.05) is 19.7 Å². The Labute approximate surface area is 170 Å². The third kappa shape index (κ3) is 4.60. The fourth-order valence-electron chi connectivity index (χ4n) is 4.06. The second kappa shape index (κ2) is 8.93. The lowest BCUT2D eigenvalue weighted by atomic mass is 9.97. The van der Waals surface area contributed by atoms with Crippen molar-refractivity contribution >= 4 is 5.97 Å². The number of fused-ring (bicyclic) bond motifs is 1. The molecule has 2 heterocycles. The molecule has 0 spiro atoms.